The molecule has 1 aliphatic heterocycles. The maximum absolute atomic E-state index is 13.2. The van der Waals surface area contributed by atoms with E-state index in [0.29, 0.717) is 42.7 Å². The summed E-state index contributed by atoms with van der Waals surface area (Å²) in [6.07, 6.45) is 1.68. The number of nitro groups is 1. The summed E-state index contributed by atoms with van der Waals surface area (Å²) >= 11 is 6.15. The highest BCUT2D eigenvalue weighted by atomic mass is 35.5. The summed E-state index contributed by atoms with van der Waals surface area (Å²) in [5, 5.41) is 11.7. The van der Waals surface area contributed by atoms with Crippen molar-refractivity contribution >= 4 is 28.8 Å². The molecule has 0 aliphatic carbocycles. The standard InChI is InChI=1S/C15H14ClFN4O2/c16-12-2-1-5-18-15(12)20-8-6-19(7-9-20)13-4-3-11(17)10-14(13)21(22)23/h1-5,10H,6-9H2. The van der Waals surface area contributed by atoms with Gasteiger partial charge >= 0.3 is 0 Å². The van der Waals surface area contributed by atoms with Gasteiger partial charge in [-0.25, -0.2) is 9.37 Å². The van der Waals surface area contributed by atoms with E-state index in [9.17, 15) is 14.5 Å². The van der Waals surface area contributed by atoms with Crippen LogP contribution >= 0.6 is 11.6 Å². The zero-order chi connectivity index (χ0) is 16.4. The van der Waals surface area contributed by atoms with Gasteiger partial charge in [0.1, 0.15) is 17.3 Å². The lowest BCUT2D eigenvalue weighted by Gasteiger charge is -2.36. The third-order valence-electron chi connectivity index (χ3n) is 3.79. The van der Waals surface area contributed by atoms with Gasteiger partial charge in [0.2, 0.25) is 0 Å². The Hall–Kier alpha value is -2.41. The highest BCUT2D eigenvalue weighted by Crippen LogP contribution is 2.31. The number of nitrogens with zero attached hydrogens (tertiary/aromatic N) is 4. The molecule has 8 heteroatoms. The molecule has 6 nitrogen and oxygen atoms in total. The van der Waals surface area contributed by atoms with E-state index in [1.54, 1.807) is 18.3 Å². The fourth-order valence-corrected chi connectivity index (χ4v) is 2.92. The van der Waals surface area contributed by atoms with E-state index in [0.717, 1.165) is 6.07 Å². The van der Waals surface area contributed by atoms with E-state index >= 15 is 0 Å². The van der Waals surface area contributed by atoms with Crippen molar-refractivity contribution in [2.45, 2.75) is 0 Å². The Morgan fingerprint density at radius 3 is 2.52 bits per heavy atom. The molecule has 0 spiro atoms. The van der Waals surface area contributed by atoms with Gasteiger partial charge in [-0.05, 0) is 24.3 Å². The molecule has 0 saturated carbocycles. The first-order chi connectivity index (χ1) is 11.1. The molecule has 2 aromatic rings. The van der Waals surface area contributed by atoms with Crippen LogP contribution in [-0.4, -0.2) is 36.1 Å². The molecule has 1 fully saturated rings. The van der Waals surface area contributed by atoms with Gasteiger partial charge in [0, 0.05) is 32.4 Å². The Bertz CT molecular complexity index is 735. The first kappa shape index (κ1) is 15.5. The molecule has 0 atom stereocenters. The van der Waals surface area contributed by atoms with Gasteiger partial charge in [-0.3, -0.25) is 10.1 Å². The van der Waals surface area contributed by atoms with Crippen LogP contribution in [0.1, 0.15) is 0 Å². The molecule has 0 radical (unpaired) electrons. The normalized spacial score (nSPS) is 14.9. The maximum atomic E-state index is 13.2. The van der Waals surface area contributed by atoms with Crippen molar-refractivity contribution in [3.8, 4) is 0 Å². The topological polar surface area (TPSA) is 62.5 Å². The second kappa shape index (κ2) is 6.37. The SMILES string of the molecule is O=[N+]([O-])c1cc(F)ccc1N1CCN(c2ncccc2Cl)CC1. The average molecular weight is 337 g/mol. The largest absolute Gasteiger partial charge is 0.362 e. The minimum atomic E-state index is -0.612. The van der Waals surface area contributed by atoms with Gasteiger partial charge in [-0.2, -0.15) is 0 Å². The van der Waals surface area contributed by atoms with Crippen LogP contribution in [0.25, 0.3) is 0 Å². The molecule has 3 rings (SSSR count). The van der Waals surface area contributed by atoms with Crippen molar-refractivity contribution in [2.24, 2.45) is 0 Å². The monoisotopic (exact) mass is 336 g/mol. The number of aromatic nitrogens is 1. The lowest BCUT2D eigenvalue weighted by Crippen LogP contribution is -2.47. The number of anilines is 2. The minimum absolute atomic E-state index is 0.214. The second-order valence-electron chi connectivity index (χ2n) is 5.17. The molecule has 23 heavy (non-hydrogen) atoms. The van der Waals surface area contributed by atoms with Crippen LogP contribution in [0.5, 0.6) is 0 Å². The van der Waals surface area contributed by atoms with Gasteiger partial charge in [-0.1, -0.05) is 11.6 Å². The molecule has 0 N–H and O–H groups in total. The van der Waals surface area contributed by atoms with Crippen LogP contribution in [0.2, 0.25) is 5.02 Å². The van der Waals surface area contributed by atoms with Gasteiger partial charge in [0.25, 0.3) is 5.69 Å². The van der Waals surface area contributed by atoms with Crippen LogP contribution in [0.15, 0.2) is 36.5 Å². The smallest absolute Gasteiger partial charge is 0.295 e. The molecule has 0 bridgehead atoms. The third kappa shape index (κ3) is 3.19. The number of pyridine rings is 1. The number of piperazine rings is 1. The summed E-state index contributed by atoms with van der Waals surface area (Å²) in [5.41, 5.74) is 0.220. The summed E-state index contributed by atoms with van der Waals surface area (Å²) in [6.45, 7) is 2.40. The van der Waals surface area contributed by atoms with E-state index < -0.39 is 10.7 Å². The highest BCUT2D eigenvalue weighted by Gasteiger charge is 2.25. The van der Waals surface area contributed by atoms with Crippen LogP contribution in [0.3, 0.4) is 0 Å². The Kier molecular flexibility index (Phi) is 4.29. The maximum Gasteiger partial charge on any atom is 0.295 e. The number of halogens is 2. The van der Waals surface area contributed by atoms with Crippen LogP contribution in [0, 0.1) is 15.9 Å². The van der Waals surface area contributed by atoms with Crippen LogP contribution < -0.4 is 9.80 Å². The van der Waals surface area contributed by atoms with E-state index in [1.165, 1.54) is 12.1 Å². The molecular formula is C15H14ClFN4O2. The number of hydrogen-bond donors (Lipinski definition) is 0. The van der Waals surface area contributed by atoms with Crippen molar-refractivity contribution in [2.75, 3.05) is 36.0 Å². The minimum Gasteiger partial charge on any atom is -0.362 e. The summed E-state index contributed by atoms with van der Waals surface area (Å²) in [6, 6.07) is 7.20. The molecule has 2 heterocycles. The molecule has 120 valence electrons. The van der Waals surface area contributed by atoms with E-state index in [4.69, 9.17) is 11.6 Å². The first-order valence-electron chi connectivity index (χ1n) is 7.10. The molecule has 0 amide bonds. The first-order valence-corrected chi connectivity index (χ1v) is 7.48. The summed E-state index contributed by atoms with van der Waals surface area (Å²) in [7, 11) is 0. The lowest BCUT2D eigenvalue weighted by atomic mass is 10.2. The van der Waals surface area contributed by atoms with E-state index in [-0.39, 0.29) is 5.69 Å². The fourth-order valence-electron chi connectivity index (χ4n) is 2.68. The highest BCUT2D eigenvalue weighted by molar-refractivity contribution is 6.32. The van der Waals surface area contributed by atoms with E-state index in [2.05, 4.69) is 4.98 Å². The van der Waals surface area contributed by atoms with Crippen molar-refractivity contribution in [3.63, 3.8) is 0 Å². The Morgan fingerprint density at radius 2 is 1.87 bits per heavy atom. The van der Waals surface area contributed by atoms with Gasteiger partial charge in [-0.15, -0.1) is 0 Å². The molecule has 1 aromatic carbocycles. The number of benzene rings is 1. The Balaban J connectivity index is 1.77. The van der Waals surface area contributed by atoms with Crippen molar-refractivity contribution in [3.05, 3.63) is 57.5 Å². The second-order valence-corrected chi connectivity index (χ2v) is 5.58. The molecule has 1 aromatic heterocycles. The summed E-state index contributed by atoms with van der Waals surface area (Å²) in [5.74, 6) is 0.0989. The van der Waals surface area contributed by atoms with Crippen molar-refractivity contribution < 1.29 is 9.31 Å². The Labute approximate surface area is 137 Å². The number of nitro benzene ring substituents is 1. The van der Waals surface area contributed by atoms with Crippen LogP contribution in [-0.2, 0) is 0 Å². The zero-order valence-electron chi connectivity index (χ0n) is 12.2. The fraction of sp³-hybridized carbons (Fsp3) is 0.267. The Morgan fingerprint density at radius 1 is 1.17 bits per heavy atom. The van der Waals surface area contributed by atoms with Crippen molar-refractivity contribution in [1.82, 2.24) is 4.98 Å². The average Bonchev–Trinajstić information content (AvgIpc) is 2.55. The molecule has 0 unspecified atom stereocenters. The zero-order valence-corrected chi connectivity index (χ0v) is 12.9. The predicted molar refractivity (Wildman–Crippen MR) is 86.7 cm³/mol. The van der Waals surface area contributed by atoms with Gasteiger partial charge in [0.15, 0.2) is 0 Å². The van der Waals surface area contributed by atoms with Crippen molar-refractivity contribution in [1.29, 1.82) is 0 Å². The molecule has 1 saturated heterocycles. The van der Waals surface area contributed by atoms with Gasteiger partial charge in [0.05, 0.1) is 16.0 Å². The van der Waals surface area contributed by atoms with Crippen LogP contribution in [0.4, 0.5) is 21.6 Å². The summed E-state index contributed by atoms with van der Waals surface area (Å²) < 4.78 is 13.2. The third-order valence-corrected chi connectivity index (χ3v) is 4.09. The number of rotatable bonds is 3. The summed E-state index contributed by atoms with van der Waals surface area (Å²) in [4.78, 5) is 18.8. The quantitative estimate of drug-likeness (QED) is 0.636. The van der Waals surface area contributed by atoms with E-state index in [1.807, 2.05) is 9.80 Å². The molecular weight excluding hydrogens is 323 g/mol. The van der Waals surface area contributed by atoms with Gasteiger partial charge < -0.3 is 9.80 Å². The lowest BCUT2D eigenvalue weighted by molar-refractivity contribution is -0.384. The number of hydrogen-bond acceptors (Lipinski definition) is 5. The predicted octanol–water partition coefficient (Wildman–Crippen LogP) is 3.11. The molecule has 1 aliphatic rings.